The highest BCUT2D eigenvalue weighted by Gasteiger charge is 2.34. The molecule has 6 nitrogen and oxygen atoms in total. The van der Waals surface area contributed by atoms with E-state index in [1.165, 1.54) is 4.90 Å². The van der Waals surface area contributed by atoms with E-state index in [0.29, 0.717) is 18.7 Å². The average molecular weight is 266 g/mol. The number of urea groups is 1. The molecule has 2 unspecified atom stereocenters. The second-order valence-electron chi connectivity index (χ2n) is 4.81. The number of likely N-dealkylation sites (tertiary alicyclic amines) is 1. The van der Waals surface area contributed by atoms with E-state index in [0.717, 1.165) is 12.2 Å². The molecule has 0 bridgehead atoms. The van der Waals surface area contributed by atoms with E-state index in [1.807, 2.05) is 19.9 Å². The molecule has 0 saturated carbocycles. The van der Waals surface area contributed by atoms with Gasteiger partial charge in [0.15, 0.2) is 0 Å². The van der Waals surface area contributed by atoms with E-state index in [-0.39, 0.29) is 12.1 Å². The molecule has 0 radical (unpaired) electrons. The lowest BCUT2D eigenvalue weighted by Crippen LogP contribution is -2.46. The molecular formula is C13H18N2O4. The van der Waals surface area contributed by atoms with Crippen LogP contribution in [-0.4, -0.2) is 34.6 Å². The number of carboxylic acids is 1. The number of furan rings is 1. The SMILES string of the molecule is Cc1ccc(C(C)NC(=O)N2CCCC2C(=O)O)o1. The first-order valence-corrected chi connectivity index (χ1v) is 6.35. The smallest absolute Gasteiger partial charge is 0.326 e. The standard InChI is InChI=1S/C13H18N2O4/c1-8-5-6-11(19-8)9(2)14-13(18)15-7-3-4-10(15)12(16)17/h5-6,9-10H,3-4,7H2,1-2H3,(H,14,18)(H,16,17). The zero-order valence-electron chi connectivity index (χ0n) is 11.0. The van der Waals surface area contributed by atoms with E-state index in [9.17, 15) is 9.59 Å². The Bertz CT molecular complexity index is 483. The molecule has 6 heteroatoms. The van der Waals surface area contributed by atoms with Crippen LogP contribution in [0.25, 0.3) is 0 Å². The molecule has 1 aliphatic rings. The number of hydrogen-bond acceptors (Lipinski definition) is 3. The Morgan fingerprint density at radius 2 is 2.26 bits per heavy atom. The number of hydrogen-bond donors (Lipinski definition) is 2. The fraction of sp³-hybridized carbons (Fsp3) is 0.538. The van der Waals surface area contributed by atoms with Crippen molar-refractivity contribution in [3.05, 3.63) is 23.7 Å². The van der Waals surface area contributed by atoms with Crippen molar-refractivity contribution in [2.24, 2.45) is 0 Å². The van der Waals surface area contributed by atoms with Gasteiger partial charge < -0.3 is 19.7 Å². The van der Waals surface area contributed by atoms with Crippen LogP contribution in [0.1, 0.15) is 37.3 Å². The average Bonchev–Trinajstić information content (AvgIpc) is 2.96. The molecule has 2 N–H and O–H groups in total. The molecule has 0 spiro atoms. The first kappa shape index (κ1) is 13.5. The summed E-state index contributed by atoms with van der Waals surface area (Å²) in [7, 11) is 0. The minimum atomic E-state index is -0.950. The molecule has 1 aromatic heterocycles. The van der Waals surface area contributed by atoms with Crippen molar-refractivity contribution >= 4 is 12.0 Å². The third-order valence-corrected chi connectivity index (χ3v) is 3.33. The van der Waals surface area contributed by atoms with E-state index in [2.05, 4.69) is 5.32 Å². The van der Waals surface area contributed by atoms with E-state index < -0.39 is 12.0 Å². The quantitative estimate of drug-likeness (QED) is 0.875. The molecule has 0 aliphatic carbocycles. The lowest BCUT2D eigenvalue weighted by Gasteiger charge is -2.23. The Hall–Kier alpha value is -1.98. The first-order chi connectivity index (χ1) is 8.99. The Morgan fingerprint density at radius 1 is 1.53 bits per heavy atom. The van der Waals surface area contributed by atoms with Gasteiger partial charge in [-0.25, -0.2) is 9.59 Å². The molecule has 1 saturated heterocycles. The van der Waals surface area contributed by atoms with Gasteiger partial charge in [0.1, 0.15) is 17.6 Å². The maximum atomic E-state index is 12.1. The Morgan fingerprint density at radius 3 is 2.84 bits per heavy atom. The molecule has 2 heterocycles. The van der Waals surface area contributed by atoms with Gasteiger partial charge in [0.2, 0.25) is 0 Å². The molecule has 1 fully saturated rings. The molecule has 0 aromatic carbocycles. The van der Waals surface area contributed by atoms with Crippen LogP contribution >= 0.6 is 0 Å². The predicted octanol–water partition coefficient (Wildman–Crippen LogP) is 1.91. The van der Waals surface area contributed by atoms with Crippen LogP contribution in [0.5, 0.6) is 0 Å². The Kier molecular flexibility index (Phi) is 3.78. The number of nitrogens with one attached hydrogen (secondary N) is 1. The number of aliphatic carboxylic acids is 1. The van der Waals surface area contributed by atoms with Crippen LogP contribution in [0, 0.1) is 6.92 Å². The molecule has 2 rings (SSSR count). The number of carbonyl (C=O) groups excluding carboxylic acids is 1. The van der Waals surface area contributed by atoms with Crippen molar-refractivity contribution in [3.63, 3.8) is 0 Å². The second-order valence-corrected chi connectivity index (χ2v) is 4.81. The summed E-state index contributed by atoms with van der Waals surface area (Å²) in [6, 6.07) is 2.28. The lowest BCUT2D eigenvalue weighted by atomic mass is 10.2. The highest BCUT2D eigenvalue weighted by atomic mass is 16.4. The van der Waals surface area contributed by atoms with Gasteiger partial charge in [0.05, 0.1) is 6.04 Å². The van der Waals surface area contributed by atoms with Gasteiger partial charge in [0.25, 0.3) is 0 Å². The van der Waals surface area contributed by atoms with Crippen molar-refractivity contribution in [2.45, 2.75) is 38.8 Å². The van der Waals surface area contributed by atoms with Gasteiger partial charge in [0, 0.05) is 6.54 Å². The monoisotopic (exact) mass is 266 g/mol. The molecule has 1 aliphatic heterocycles. The van der Waals surface area contributed by atoms with Gasteiger partial charge in [-0.2, -0.15) is 0 Å². The van der Waals surface area contributed by atoms with Crippen LogP contribution in [-0.2, 0) is 4.79 Å². The zero-order chi connectivity index (χ0) is 14.0. The summed E-state index contributed by atoms with van der Waals surface area (Å²) < 4.78 is 5.43. The van der Waals surface area contributed by atoms with Gasteiger partial charge in [-0.3, -0.25) is 0 Å². The number of carbonyl (C=O) groups is 2. The summed E-state index contributed by atoms with van der Waals surface area (Å²) in [4.78, 5) is 24.5. The molecule has 2 atom stereocenters. The van der Waals surface area contributed by atoms with E-state index in [4.69, 9.17) is 9.52 Å². The molecular weight excluding hydrogens is 248 g/mol. The molecule has 1 aromatic rings. The largest absolute Gasteiger partial charge is 0.480 e. The topological polar surface area (TPSA) is 82.8 Å². The summed E-state index contributed by atoms with van der Waals surface area (Å²) in [5.74, 6) is 0.492. The molecule has 19 heavy (non-hydrogen) atoms. The van der Waals surface area contributed by atoms with Crippen LogP contribution < -0.4 is 5.32 Å². The van der Waals surface area contributed by atoms with Crippen molar-refractivity contribution in [3.8, 4) is 0 Å². The lowest BCUT2D eigenvalue weighted by molar-refractivity contribution is -0.141. The highest BCUT2D eigenvalue weighted by molar-refractivity contribution is 5.83. The highest BCUT2D eigenvalue weighted by Crippen LogP contribution is 2.20. The fourth-order valence-corrected chi connectivity index (χ4v) is 2.29. The Balaban J connectivity index is 1.99. The van der Waals surface area contributed by atoms with Crippen LogP contribution in [0.4, 0.5) is 4.79 Å². The normalized spacial score (nSPS) is 20.3. The van der Waals surface area contributed by atoms with Crippen LogP contribution in [0.3, 0.4) is 0 Å². The third-order valence-electron chi connectivity index (χ3n) is 3.33. The summed E-state index contributed by atoms with van der Waals surface area (Å²) in [6.45, 7) is 4.12. The Labute approximate surface area is 111 Å². The number of amides is 2. The van der Waals surface area contributed by atoms with Crippen LogP contribution in [0.2, 0.25) is 0 Å². The first-order valence-electron chi connectivity index (χ1n) is 6.35. The number of carboxylic acid groups (broad SMARTS) is 1. The third kappa shape index (κ3) is 2.89. The fourth-order valence-electron chi connectivity index (χ4n) is 2.29. The van der Waals surface area contributed by atoms with Crippen LogP contribution in [0.15, 0.2) is 16.5 Å². The maximum absolute atomic E-state index is 12.1. The van der Waals surface area contributed by atoms with Crippen molar-refractivity contribution in [2.75, 3.05) is 6.54 Å². The summed E-state index contributed by atoms with van der Waals surface area (Å²) in [6.07, 6.45) is 1.23. The minimum Gasteiger partial charge on any atom is -0.480 e. The number of aryl methyl sites for hydroxylation is 1. The van der Waals surface area contributed by atoms with E-state index in [1.54, 1.807) is 6.07 Å². The van der Waals surface area contributed by atoms with Crippen molar-refractivity contribution in [1.29, 1.82) is 0 Å². The maximum Gasteiger partial charge on any atom is 0.326 e. The van der Waals surface area contributed by atoms with Gasteiger partial charge >= 0.3 is 12.0 Å². The summed E-state index contributed by atoms with van der Waals surface area (Å²) >= 11 is 0. The molecule has 2 amide bonds. The van der Waals surface area contributed by atoms with Gasteiger partial charge in [-0.05, 0) is 38.8 Å². The molecule has 104 valence electrons. The minimum absolute atomic E-state index is 0.281. The number of nitrogens with zero attached hydrogens (tertiary/aromatic N) is 1. The van der Waals surface area contributed by atoms with Crippen molar-refractivity contribution in [1.82, 2.24) is 10.2 Å². The summed E-state index contributed by atoms with van der Waals surface area (Å²) in [5.41, 5.74) is 0. The predicted molar refractivity (Wildman–Crippen MR) is 67.8 cm³/mol. The van der Waals surface area contributed by atoms with E-state index >= 15 is 0 Å². The van der Waals surface area contributed by atoms with Gasteiger partial charge in [-0.1, -0.05) is 0 Å². The van der Waals surface area contributed by atoms with Crippen molar-refractivity contribution < 1.29 is 19.1 Å². The number of rotatable bonds is 3. The zero-order valence-corrected chi connectivity index (χ0v) is 11.0. The summed E-state index contributed by atoms with van der Waals surface area (Å²) in [5, 5.41) is 11.8. The van der Waals surface area contributed by atoms with Gasteiger partial charge in [-0.15, -0.1) is 0 Å². The second kappa shape index (κ2) is 5.34.